The summed E-state index contributed by atoms with van der Waals surface area (Å²) >= 11 is 1.74. The highest BCUT2D eigenvalue weighted by molar-refractivity contribution is 7.17. The number of hydrogen-bond donors (Lipinski definition) is 1. The molecule has 5 heteroatoms. The highest BCUT2D eigenvalue weighted by Crippen LogP contribution is 2.26. The molecule has 0 amide bonds. The topological polar surface area (TPSA) is 50.9 Å². The van der Waals surface area contributed by atoms with E-state index >= 15 is 0 Å². The molecule has 1 aromatic carbocycles. The highest BCUT2D eigenvalue weighted by Gasteiger charge is 2.08. The Balaban J connectivity index is 1.91. The third-order valence-electron chi connectivity index (χ3n) is 2.88. The van der Waals surface area contributed by atoms with Gasteiger partial charge in [0, 0.05) is 4.70 Å². The molecule has 2 heterocycles. The molecule has 0 aliphatic carbocycles. The molecule has 0 spiro atoms. The Bertz CT molecular complexity index is 671. The summed E-state index contributed by atoms with van der Waals surface area (Å²) < 4.78 is 3.04. The smallest absolute Gasteiger partial charge is 0.111 e. The van der Waals surface area contributed by atoms with Crippen molar-refractivity contribution in [3.8, 4) is 0 Å². The summed E-state index contributed by atoms with van der Waals surface area (Å²) in [5.41, 5.74) is 1.84. The first-order chi connectivity index (χ1) is 8.74. The van der Waals surface area contributed by atoms with Gasteiger partial charge in [-0.25, -0.2) is 4.68 Å². The number of rotatable bonds is 3. The summed E-state index contributed by atoms with van der Waals surface area (Å²) in [5.74, 6) is 0. The molecule has 3 aromatic rings. The molecule has 0 radical (unpaired) electrons. The lowest BCUT2D eigenvalue weighted by Gasteiger charge is -1.99. The van der Waals surface area contributed by atoms with E-state index in [1.54, 1.807) is 29.1 Å². The van der Waals surface area contributed by atoms with E-state index in [0.717, 1.165) is 0 Å². The quantitative estimate of drug-likeness (QED) is 0.786. The Kier molecular flexibility index (Phi) is 2.85. The van der Waals surface area contributed by atoms with Crippen LogP contribution in [0.3, 0.4) is 0 Å². The zero-order valence-corrected chi connectivity index (χ0v) is 10.8. The average Bonchev–Trinajstić information content (AvgIpc) is 2.98. The summed E-state index contributed by atoms with van der Waals surface area (Å²) in [6.45, 7) is 2.37. The van der Waals surface area contributed by atoms with E-state index in [1.807, 2.05) is 12.1 Å². The molecule has 18 heavy (non-hydrogen) atoms. The molecular weight excluding hydrogens is 246 g/mol. The van der Waals surface area contributed by atoms with Gasteiger partial charge in [-0.15, -0.1) is 16.4 Å². The minimum atomic E-state index is -0.571. The molecule has 1 N–H and O–H groups in total. The number of aromatic nitrogens is 3. The van der Waals surface area contributed by atoms with Crippen LogP contribution >= 0.6 is 11.3 Å². The second-order valence-corrected chi connectivity index (χ2v) is 5.19. The number of benzene rings is 1. The number of hydrogen-bond acceptors (Lipinski definition) is 4. The van der Waals surface area contributed by atoms with Crippen LogP contribution in [0.15, 0.2) is 35.8 Å². The molecule has 0 aliphatic heterocycles. The van der Waals surface area contributed by atoms with Crippen LogP contribution in [0.4, 0.5) is 0 Å². The van der Waals surface area contributed by atoms with E-state index in [1.165, 1.54) is 15.6 Å². The van der Waals surface area contributed by atoms with Gasteiger partial charge < -0.3 is 5.11 Å². The first kappa shape index (κ1) is 11.4. The van der Waals surface area contributed by atoms with Gasteiger partial charge in [0.05, 0.1) is 18.8 Å². The van der Waals surface area contributed by atoms with Crippen molar-refractivity contribution in [2.75, 3.05) is 0 Å². The molecule has 0 saturated carbocycles. The third kappa shape index (κ3) is 2.02. The van der Waals surface area contributed by atoms with E-state index in [2.05, 4.69) is 27.8 Å². The Morgan fingerprint density at radius 2 is 2.22 bits per heavy atom. The zero-order valence-electron chi connectivity index (χ0n) is 9.95. The van der Waals surface area contributed by atoms with E-state index in [-0.39, 0.29) is 0 Å². The summed E-state index contributed by atoms with van der Waals surface area (Å²) in [7, 11) is 0. The molecule has 4 nitrogen and oxygen atoms in total. The fourth-order valence-corrected chi connectivity index (χ4v) is 2.87. The SMILES string of the molecule is CC(O)c1cn(Cc2csc3ccccc23)nn1. The number of fused-ring (bicyclic) bond motifs is 1. The highest BCUT2D eigenvalue weighted by atomic mass is 32.1. The number of thiophene rings is 1. The molecule has 0 aliphatic rings. The summed E-state index contributed by atoms with van der Waals surface area (Å²) in [6, 6.07) is 8.32. The van der Waals surface area contributed by atoms with Gasteiger partial charge in [-0.2, -0.15) is 0 Å². The van der Waals surface area contributed by atoms with E-state index in [9.17, 15) is 5.11 Å². The van der Waals surface area contributed by atoms with E-state index in [4.69, 9.17) is 0 Å². The first-order valence-corrected chi connectivity index (χ1v) is 6.65. The van der Waals surface area contributed by atoms with Crippen molar-refractivity contribution in [3.05, 3.63) is 47.1 Å². The maximum atomic E-state index is 9.42. The van der Waals surface area contributed by atoms with Crippen LogP contribution in [0.25, 0.3) is 10.1 Å². The fourth-order valence-electron chi connectivity index (χ4n) is 1.91. The minimum Gasteiger partial charge on any atom is -0.387 e. The van der Waals surface area contributed by atoms with Gasteiger partial charge in [-0.1, -0.05) is 23.4 Å². The van der Waals surface area contributed by atoms with Crippen molar-refractivity contribution in [1.29, 1.82) is 0 Å². The van der Waals surface area contributed by atoms with Gasteiger partial charge in [0.15, 0.2) is 0 Å². The molecule has 0 saturated heterocycles. The molecule has 0 bridgehead atoms. The average molecular weight is 259 g/mol. The van der Waals surface area contributed by atoms with Crippen LogP contribution in [0.1, 0.15) is 24.3 Å². The Labute approximate surface area is 108 Å². The van der Waals surface area contributed by atoms with Crippen molar-refractivity contribution in [1.82, 2.24) is 15.0 Å². The summed E-state index contributed by atoms with van der Waals surface area (Å²) in [6.07, 6.45) is 1.22. The van der Waals surface area contributed by atoms with Crippen molar-refractivity contribution >= 4 is 21.4 Å². The lowest BCUT2D eigenvalue weighted by Crippen LogP contribution is -1.99. The Morgan fingerprint density at radius 1 is 1.39 bits per heavy atom. The first-order valence-electron chi connectivity index (χ1n) is 5.77. The van der Waals surface area contributed by atoms with Crippen molar-refractivity contribution in [3.63, 3.8) is 0 Å². The monoisotopic (exact) mass is 259 g/mol. The standard InChI is InChI=1S/C13H13N3OS/c1-9(17)12-7-16(15-14-12)6-10-8-18-13-5-3-2-4-11(10)13/h2-5,7-9,17H,6H2,1H3. The molecule has 92 valence electrons. The predicted octanol–water partition coefficient (Wildman–Crippen LogP) is 2.59. The zero-order chi connectivity index (χ0) is 12.5. The third-order valence-corrected chi connectivity index (χ3v) is 3.89. The van der Waals surface area contributed by atoms with Crippen LogP contribution in [0.2, 0.25) is 0 Å². The predicted molar refractivity (Wildman–Crippen MR) is 71.6 cm³/mol. The maximum absolute atomic E-state index is 9.42. The van der Waals surface area contributed by atoms with Gasteiger partial charge in [0.1, 0.15) is 5.69 Å². The van der Waals surface area contributed by atoms with Gasteiger partial charge in [-0.3, -0.25) is 0 Å². The minimum absolute atomic E-state index is 0.571. The molecule has 3 rings (SSSR count). The molecule has 1 atom stereocenters. The molecule has 0 fully saturated rings. The van der Waals surface area contributed by atoms with Crippen LogP contribution in [0, 0.1) is 0 Å². The van der Waals surface area contributed by atoms with Gasteiger partial charge in [-0.05, 0) is 29.3 Å². The number of aliphatic hydroxyl groups is 1. The molecular formula is C13H13N3OS. The van der Waals surface area contributed by atoms with E-state index in [0.29, 0.717) is 12.2 Å². The van der Waals surface area contributed by atoms with Crippen molar-refractivity contribution in [2.45, 2.75) is 19.6 Å². The maximum Gasteiger partial charge on any atom is 0.111 e. The molecule has 1 unspecified atom stereocenters. The van der Waals surface area contributed by atoms with Gasteiger partial charge in [0.25, 0.3) is 0 Å². The van der Waals surface area contributed by atoms with Gasteiger partial charge in [0.2, 0.25) is 0 Å². The van der Waals surface area contributed by atoms with Crippen molar-refractivity contribution < 1.29 is 5.11 Å². The largest absolute Gasteiger partial charge is 0.387 e. The Morgan fingerprint density at radius 3 is 3.00 bits per heavy atom. The second kappa shape index (κ2) is 4.51. The van der Waals surface area contributed by atoms with Gasteiger partial charge >= 0.3 is 0 Å². The Hall–Kier alpha value is -1.72. The van der Waals surface area contributed by atoms with Crippen LogP contribution in [0.5, 0.6) is 0 Å². The van der Waals surface area contributed by atoms with Crippen LogP contribution in [-0.2, 0) is 6.54 Å². The van der Waals surface area contributed by atoms with Crippen LogP contribution in [-0.4, -0.2) is 20.1 Å². The molecule has 2 aromatic heterocycles. The normalized spacial score (nSPS) is 13.0. The lowest BCUT2D eigenvalue weighted by atomic mass is 10.2. The summed E-state index contributed by atoms with van der Waals surface area (Å²) in [4.78, 5) is 0. The van der Waals surface area contributed by atoms with Crippen LogP contribution < -0.4 is 0 Å². The lowest BCUT2D eigenvalue weighted by molar-refractivity contribution is 0.194. The number of nitrogens with zero attached hydrogens (tertiary/aromatic N) is 3. The van der Waals surface area contributed by atoms with E-state index < -0.39 is 6.10 Å². The van der Waals surface area contributed by atoms with Crippen molar-refractivity contribution in [2.24, 2.45) is 0 Å². The second-order valence-electron chi connectivity index (χ2n) is 4.27. The summed E-state index contributed by atoms with van der Waals surface area (Å²) in [5, 5.41) is 20.8. The fraction of sp³-hybridized carbons (Fsp3) is 0.231. The number of aliphatic hydroxyl groups excluding tert-OH is 1.